The maximum atomic E-state index is 6.07. The summed E-state index contributed by atoms with van der Waals surface area (Å²) < 4.78 is 5.22. The van der Waals surface area contributed by atoms with Crippen LogP contribution in [0.2, 0.25) is 5.02 Å². The zero-order chi connectivity index (χ0) is 10.9. The van der Waals surface area contributed by atoms with E-state index in [1.807, 2.05) is 32.9 Å². The van der Waals surface area contributed by atoms with Crippen LogP contribution in [-0.4, -0.2) is 7.11 Å². The van der Waals surface area contributed by atoms with Crippen LogP contribution in [0.15, 0.2) is 12.1 Å². The van der Waals surface area contributed by atoms with Crippen molar-refractivity contribution in [3.8, 4) is 5.75 Å². The summed E-state index contributed by atoms with van der Waals surface area (Å²) in [4.78, 5) is 0. The Hall–Kier alpha value is -0.730. The van der Waals surface area contributed by atoms with E-state index in [1.165, 1.54) is 0 Å². The number of nitrogens with two attached hydrogens (primary N) is 1. The van der Waals surface area contributed by atoms with Crippen LogP contribution in [0.1, 0.15) is 25.0 Å². The SMILES string of the molecule is COc1cc(C(C)(C)N)cc(Cl)c1C. The lowest BCUT2D eigenvalue weighted by Crippen LogP contribution is -2.28. The highest BCUT2D eigenvalue weighted by Crippen LogP contribution is 2.31. The summed E-state index contributed by atoms with van der Waals surface area (Å²) in [5, 5.41) is 0.692. The predicted octanol–water partition coefficient (Wildman–Crippen LogP) is 2.85. The smallest absolute Gasteiger partial charge is 0.123 e. The first kappa shape index (κ1) is 11.3. The van der Waals surface area contributed by atoms with Crippen molar-refractivity contribution >= 4 is 11.6 Å². The van der Waals surface area contributed by atoms with Gasteiger partial charge in [-0.3, -0.25) is 0 Å². The second-order valence-electron chi connectivity index (χ2n) is 4.01. The van der Waals surface area contributed by atoms with E-state index in [0.717, 1.165) is 16.9 Å². The molecule has 0 atom stereocenters. The molecule has 3 heteroatoms. The van der Waals surface area contributed by atoms with Gasteiger partial charge < -0.3 is 10.5 Å². The zero-order valence-electron chi connectivity index (χ0n) is 9.02. The molecule has 0 aliphatic heterocycles. The molecule has 0 spiro atoms. The molecule has 0 saturated carbocycles. The fourth-order valence-corrected chi connectivity index (χ4v) is 1.45. The lowest BCUT2D eigenvalue weighted by atomic mass is 9.94. The average molecular weight is 214 g/mol. The van der Waals surface area contributed by atoms with Crippen molar-refractivity contribution in [3.63, 3.8) is 0 Å². The minimum absolute atomic E-state index is 0.398. The Labute approximate surface area is 90.0 Å². The van der Waals surface area contributed by atoms with Gasteiger partial charge in [0.15, 0.2) is 0 Å². The van der Waals surface area contributed by atoms with Crippen molar-refractivity contribution in [2.45, 2.75) is 26.3 Å². The molecule has 0 radical (unpaired) electrons. The summed E-state index contributed by atoms with van der Waals surface area (Å²) in [6.07, 6.45) is 0. The molecule has 2 nitrogen and oxygen atoms in total. The number of rotatable bonds is 2. The molecule has 0 aliphatic rings. The van der Waals surface area contributed by atoms with Crippen LogP contribution in [0.5, 0.6) is 5.75 Å². The van der Waals surface area contributed by atoms with E-state index < -0.39 is 5.54 Å². The molecule has 0 fully saturated rings. The van der Waals surface area contributed by atoms with Crippen molar-refractivity contribution in [3.05, 3.63) is 28.3 Å². The molecule has 0 bridgehead atoms. The van der Waals surface area contributed by atoms with Gasteiger partial charge in [-0.05, 0) is 38.5 Å². The highest BCUT2D eigenvalue weighted by molar-refractivity contribution is 6.31. The number of ether oxygens (including phenoxy) is 1. The highest BCUT2D eigenvalue weighted by Gasteiger charge is 2.17. The van der Waals surface area contributed by atoms with Gasteiger partial charge in [-0.25, -0.2) is 0 Å². The van der Waals surface area contributed by atoms with Gasteiger partial charge in [0.05, 0.1) is 7.11 Å². The Morgan fingerprint density at radius 1 is 1.36 bits per heavy atom. The molecule has 0 amide bonds. The summed E-state index contributed by atoms with van der Waals surface area (Å²) >= 11 is 6.07. The lowest BCUT2D eigenvalue weighted by molar-refractivity contribution is 0.409. The molecule has 1 aromatic carbocycles. The van der Waals surface area contributed by atoms with E-state index in [0.29, 0.717) is 5.02 Å². The molecule has 1 aromatic rings. The van der Waals surface area contributed by atoms with Gasteiger partial charge in [0.25, 0.3) is 0 Å². The number of hydrogen-bond donors (Lipinski definition) is 1. The Balaban J connectivity index is 3.30. The van der Waals surface area contributed by atoms with Gasteiger partial charge in [-0.2, -0.15) is 0 Å². The van der Waals surface area contributed by atoms with Gasteiger partial charge in [0.1, 0.15) is 5.75 Å². The fraction of sp³-hybridized carbons (Fsp3) is 0.455. The van der Waals surface area contributed by atoms with Crippen molar-refractivity contribution in [1.82, 2.24) is 0 Å². The van der Waals surface area contributed by atoms with Crippen LogP contribution in [0, 0.1) is 6.92 Å². The Bertz CT molecular complexity index is 342. The molecule has 0 saturated heterocycles. The molecule has 0 aliphatic carbocycles. The van der Waals surface area contributed by atoms with Crippen molar-refractivity contribution in [2.75, 3.05) is 7.11 Å². The molecule has 14 heavy (non-hydrogen) atoms. The third-order valence-corrected chi connectivity index (χ3v) is 2.65. The topological polar surface area (TPSA) is 35.2 Å². The summed E-state index contributed by atoms with van der Waals surface area (Å²) in [6, 6.07) is 3.82. The molecule has 0 heterocycles. The molecule has 78 valence electrons. The van der Waals surface area contributed by atoms with Gasteiger partial charge >= 0.3 is 0 Å². The van der Waals surface area contributed by atoms with E-state index in [4.69, 9.17) is 22.1 Å². The van der Waals surface area contributed by atoms with Crippen LogP contribution in [0.25, 0.3) is 0 Å². The number of halogens is 1. The lowest BCUT2D eigenvalue weighted by Gasteiger charge is -2.21. The van der Waals surface area contributed by atoms with Crippen LogP contribution in [-0.2, 0) is 5.54 Å². The predicted molar refractivity (Wildman–Crippen MR) is 60.0 cm³/mol. The van der Waals surface area contributed by atoms with Gasteiger partial charge in [0, 0.05) is 16.1 Å². The molecule has 1 rings (SSSR count). The van der Waals surface area contributed by atoms with E-state index in [-0.39, 0.29) is 0 Å². The third kappa shape index (κ3) is 2.20. The van der Waals surface area contributed by atoms with Crippen LogP contribution >= 0.6 is 11.6 Å². The Kier molecular flexibility index (Phi) is 3.07. The van der Waals surface area contributed by atoms with Crippen LogP contribution in [0.4, 0.5) is 0 Å². The fourth-order valence-electron chi connectivity index (χ4n) is 1.24. The largest absolute Gasteiger partial charge is 0.496 e. The number of benzene rings is 1. The van der Waals surface area contributed by atoms with Crippen LogP contribution < -0.4 is 10.5 Å². The first-order valence-electron chi connectivity index (χ1n) is 4.49. The molecular formula is C11H16ClNO. The summed E-state index contributed by atoms with van der Waals surface area (Å²) in [5.74, 6) is 0.783. The summed E-state index contributed by atoms with van der Waals surface area (Å²) in [6.45, 7) is 5.80. The summed E-state index contributed by atoms with van der Waals surface area (Å²) in [7, 11) is 1.63. The first-order chi connectivity index (χ1) is 6.36. The second-order valence-corrected chi connectivity index (χ2v) is 4.41. The Morgan fingerprint density at radius 3 is 2.36 bits per heavy atom. The van der Waals surface area contributed by atoms with E-state index in [1.54, 1.807) is 7.11 Å². The molecule has 2 N–H and O–H groups in total. The maximum absolute atomic E-state index is 6.07. The Morgan fingerprint density at radius 2 is 1.93 bits per heavy atom. The standard InChI is InChI=1S/C11H16ClNO/c1-7-9(12)5-8(11(2,3)13)6-10(7)14-4/h5-6H,13H2,1-4H3. The average Bonchev–Trinajstić information content (AvgIpc) is 2.07. The van der Waals surface area contributed by atoms with Crippen molar-refractivity contribution in [1.29, 1.82) is 0 Å². The minimum Gasteiger partial charge on any atom is -0.496 e. The quantitative estimate of drug-likeness (QED) is 0.820. The van der Waals surface area contributed by atoms with Gasteiger partial charge in [-0.15, -0.1) is 0 Å². The molecule has 0 unspecified atom stereocenters. The third-order valence-electron chi connectivity index (χ3n) is 2.26. The van der Waals surface area contributed by atoms with E-state index in [2.05, 4.69) is 0 Å². The van der Waals surface area contributed by atoms with E-state index in [9.17, 15) is 0 Å². The van der Waals surface area contributed by atoms with Gasteiger partial charge in [-0.1, -0.05) is 11.6 Å². The van der Waals surface area contributed by atoms with Crippen LogP contribution in [0.3, 0.4) is 0 Å². The maximum Gasteiger partial charge on any atom is 0.123 e. The normalized spacial score (nSPS) is 11.6. The van der Waals surface area contributed by atoms with Gasteiger partial charge in [0.2, 0.25) is 0 Å². The molecular weight excluding hydrogens is 198 g/mol. The minimum atomic E-state index is -0.398. The zero-order valence-corrected chi connectivity index (χ0v) is 9.77. The number of hydrogen-bond acceptors (Lipinski definition) is 2. The van der Waals surface area contributed by atoms with E-state index >= 15 is 0 Å². The molecule has 0 aromatic heterocycles. The monoisotopic (exact) mass is 213 g/mol. The summed E-state index contributed by atoms with van der Waals surface area (Å²) in [5.41, 5.74) is 7.51. The first-order valence-corrected chi connectivity index (χ1v) is 4.87. The van der Waals surface area contributed by atoms with Crippen molar-refractivity contribution < 1.29 is 4.74 Å². The highest BCUT2D eigenvalue weighted by atomic mass is 35.5. The second kappa shape index (κ2) is 3.79. The van der Waals surface area contributed by atoms with Crippen molar-refractivity contribution in [2.24, 2.45) is 5.73 Å². The number of methoxy groups -OCH3 is 1.